The molecule has 0 aliphatic carbocycles. The molecule has 1 aliphatic rings. The van der Waals surface area contributed by atoms with Crippen LogP contribution in [-0.2, 0) is 11.4 Å². The Morgan fingerprint density at radius 1 is 1.17 bits per heavy atom. The molecule has 1 aromatic heterocycles. The molecule has 1 aliphatic heterocycles. The van der Waals surface area contributed by atoms with Gasteiger partial charge >= 0.3 is 0 Å². The second kappa shape index (κ2) is 8.63. The highest BCUT2D eigenvalue weighted by Gasteiger charge is 2.38. The normalized spacial score (nSPS) is 17.7. The van der Waals surface area contributed by atoms with E-state index in [0.717, 1.165) is 11.1 Å². The molecule has 146 valence electrons. The molecule has 0 amide bonds. The van der Waals surface area contributed by atoms with Gasteiger partial charge < -0.3 is 9.47 Å². The molecule has 0 radical (unpaired) electrons. The molecule has 0 spiro atoms. The fourth-order valence-electron chi connectivity index (χ4n) is 2.97. The first-order valence-corrected chi connectivity index (χ1v) is 10.6. The van der Waals surface area contributed by atoms with E-state index < -0.39 is 5.92 Å². The molecule has 1 saturated heterocycles. The quantitative estimate of drug-likeness (QED) is 0.556. The fraction of sp³-hybridized carbons (Fsp3) is 0.136. The zero-order chi connectivity index (χ0) is 20.2. The van der Waals surface area contributed by atoms with E-state index in [2.05, 4.69) is 4.98 Å². The van der Waals surface area contributed by atoms with E-state index in [4.69, 9.17) is 14.9 Å². The number of hydrogen-bond donors (Lipinski definition) is 1. The van der Waals surface area contributed by atoms with E-state index in [1.54, 1.807) is 19.4 Å². The summed E-state index contributed by atoms with van der Waals surface area (Å²) in [6, 6.07) is 15.5. The largest absolute Gasteiger partial charge is 0.493 e. The average molecular weight is 423 g/mol. The number of nitrogens with zero attached hydrogens (tertiary/aromatic N) is 1. The monoisotopic (exact) mass is 422 g/mol. The SMILES string of the molecule is COc1cc(C=C2SC(=N)C(c3nccs3)C2=O)ccc1OCc1ccccc1. The van der Waals surface area contributed by atoms with Gasteiger partial charge in [0.1, 0.15) is 17.5 Å². The summed E-state index contributed by atoms with van der Waals surface area (Å²) in [6.45, 7) is 0.443. The van der Waals surface area contributed by atoms with Gasteiger partial charge in [0.2, 0.25) is 0 Å². The van der Waals surface area contributed by atoms with Gasteiger partial charge in [-0.05, 0) is 29.3 Å². The van der Waals surface area contributed by atoms with Crippen LogP contribution in [0.5, 0.6) is 11.5 Å². The van der Waals surface area contributed by atoms with E-state index in [1.165, 1.54) is 23.1 Å². The van der Waals surface area contributed by atoms with Crippen LogP contribution in [0.25, 0.3) is 6.08 Å². The van der Waals surface area contributed by atoms with Gasteiger partial charge in [-0.25, -0.2) is 4.98 Å². The molecular formula is C22H18N2O3S2. The number of carbonyl (C=O) groups is 1. The van der Waals surface area contributed by atoms with Gasteiger partial charge in [0.05, 0.1) is 17.1 Å². The maximum absolute atomic E-state index is 12.8. The Labute approximate surface area is 176 Å². The molecule has 4 rings (SSSR count). The van der Waals surface area contributed by atoms with Crippen LogP contribution in [0.4, 0.5) is 0 Å². The van der Waals surface area contributed by atoms with Crippen LogP contribution in [0.1, 0.15) is 22.1 Å². The number of aromatic nitrogens is 1. The van der Waals surface area contributed by atoms with Crippen LogP contribution >= 0.6 is 23.1 Å². The van der Waals surface area contributed by atoms with E-state index in [9.17, 15) is 4.79 Å². The van der Waals surface area contributed by atoms with Crippen molar-refractivity contribution in [2.75, 3.05) is 7.11 Å². The lowest BCUT2D eigenvalue weighted by Crippen LogP contribution is -2.11. The third-order valence-corrected chi connectivity index (χ3v) is 6.24. The predicted molar refractivity (Wildman–Crippen MR) is 117 cm³/mol. The molecule has 3 aromatic rings. The van der Waals surface area contributed by atoms with Gasteiger partial charge in [0.15, 0.2) is 17.3 Å². The lowest BCUT2D eigenvalue weighted by Gasteiger charge is -2.11. The van der Waals surface area contributed by atoms with E-state index in [-0.39, 0.29) is 5.78 Å². The molecule has 2 heterocycles. The molecule has 2 aromatic carbocycles. The summed E-state index contributed by atoms with van der Waals surface area (Å²) >= 11 is 2.59. The molecule has 1 N–H and O–H groups in total. The maximum atomic E-state index is 12.8. The van der Waals surface area contributed by atoms with Crippen molar-refractivity contribution in [1.29, 1.82) is 5.41 Å². The maximum Gasteiger partial charge on any atom is 0.186 e. The number of hydrogen-bond acceptors (Lipinski definition) is 7. The van der Waals surface area contributed by atoms with E-state index in [0.29, 0.717) is 33.1 Å². The smallest absolute Gasteiger partial charge is 0.186 e. The van der Waals surface area contributed by atoms with Crippen LogP contribution in [0.15, 0.2) is 65.0 Å². The number of thioether (sulfide) groups is 1. The number of rotatable bonds is 6. The summed E-state index contributed by atoms with van der Waals surface area (Å²) < 4.78 is 11.4. The van der Waals surface area contributed by atoms with Crippen molar-refractivity contribution in [3.8, 4) is 11.5 Å². The molecule has 7 heteroatoms. The van der Waals surface area contributed by atoms with Crippen molar-refractivity contribution in [2.24, 2.45) is 0 Å². The van der Waals surface area contributed by atoms with Gasteiger partial charge in [0, 0.05) is 11.6 Å². The fourth-order valence-corrected chi connectivity index (χ4v) is 4.78. The Morgan fingerprint density at radius 3 is 2.72 bits per heavy atom. The highest BCUT2D eigenvalue weighted by Crippen LogP contribution is 2.41. The lowest BCUT2D eigenvalue weighted by molar-refractivity contribution is -0.114. The number of methoxy groups -OCH3 is 1. The Bertz CT molecular complexity index is 1060. The Morgan fingerprint density at radius 2 is 2.00 bits per heavy atom. The van der Waals surface area contributed by atoms with Crippen LogP contribution in [-0.4, -0.2) is 22.9 Å². The third kappa shape index (κ3) is 4.26. The minimum atomic E-state index is -0.582. The minimum absolute atomic E-state index is 0.0849. The number of ketones is 1. The molecule has 0 bridgehead atoms. The molecule has 0 saturated carbocycles. The van der Waals surface area contributed by atoms with Crippen LogP contribution in [0.3, 0.4) is 0 Å². The molecule has 5 nitrogen and oxygen atoms in total. The van der Waals surface area contributed by atoms with Crippen molar-refractivity contribution in [1.82, 2.24) is 4.98 Å². The minimum Gasteiger partial charge on any atom is -0.493 e. The van der Waals surface area contributed by atoms with Gasteiger partial charge in [-0.2, -0.15) is 0 Å². The first kappa shape index (κ1) is 19.4. The topological polar surface area (TPSA) is 72.3 Å². The Hall–Kier alpha value is -2.90. The molecule has 29 heavy (non-hydrogen) atoms. The van der Waals surface area contributed by atoms with E-state index >= 15 is 0 Å². The lowest BCUT2D eigenvalue weighted by atomic mass is 10.0. The van der Waals surface area contributed by atoms with Crippen molar-refractivity contribution in [2.45, 2.75) is 12.5 Å². The highest BCUT2D eigenvalue weighted by atomic mass is 32.2. The average Bonchev–Trinajstić information content (AvgIpc) is 3.35. The highest BCUT2D eigenvalue weighted by molar-refractivity contribution is 8.19. The standard InChI is InChI=1S/C22H18N2O3S2/c1-26-17-11-15(7-8-16(17)27-13-14-5-3-2-4-6-14)12-18-20(25)19(21(23)29-18)22-24-9-10-28-22/h2-12,19,23H,13H2,1H3. The van der Waals surface area contributed by atoms with Gasteiger partial charge in [-0.1, -0.05) is 48.2 Å². The van der Waals surface area contributed by atoms with Gasteiger partial charge in [-0.3, -0.25) is 10.2 Å². The number of ether oxygens (including phenoxy) is 2. The molecule has 1 fully saturated rings. The van der Waals surface area contributed by atoms with Crippen molar-refractivity contribution < 1.29 is 14.3 Å². The summed E-state index contributed by atoms with van der Waals surface area (Å²) in [7, 11) is 1.59. The second-order valence-corrected chi connectivity index (χ2v) is 8.34. The van der Waals surface area contributed by atoms with Crippen LogP contribution < -0.4 is 9.47 Å². The third-order valence-electron chi connectivity index (χ3n) is 4.41. The Kier molecular flexibility index (Phi) is 5.78. The number of nitrogens with one attached hydrogen (secondary N) is 1. The summed E-state index contributed by atoms with van der Waals surface area (Å²) in [6.07, 6.45) is 3.45. The number of allylic oxidation sites excluding steroid dienone is 1. The number of benzene rings is 2. The molecular weight excluding hydrogens is 404 g/mol. The van der Waals surface area contributed by atoms with Crippen molar-refractivity contribution in [3.63, 3.8) is 0 Å². The van der Waals surface area contributed by atoms with Gasteiger partial charge in [0.25, 0.3) is 0 Å². The van der Waals surface area contributed by atoms with Crippen LogP contribution in [0, 0.1) is 5.41 Å². The first-order valence-electron chi connectivity index (χ1n) is 8.92. The van der Waals surface area contributed by atoms with Crippen molar-refractivity contribution >= 4 is 40.0 Å². The first-order chi connectivity index (χ1) is 14.2. The number of thiazole rings is 1. The predicted octanol–water partition coefficient (Wildman–Crippen LogP) is 5.15. The molecule has 1 atom stereocenters. The summed E-state index contributed by atoms with van der Waals surface area (Å²) in [5, 5.41) is 11.0. The number of carbonyl (C=O) groups excluding carboxylic acids is 1. The summed E-state index contributed by atoms with van der Waals surface area (Å²) in [4.78, 5) is 17.5. The van der Waals surface area contributed by atoms with Crippen LogP contribution in [0.2, 0.25) is 0 Å². The zero-order valence-electron chi connectivity index (χ0n) is 15.6. The number of Topliss-reactive ketones (excluding diaryl/α,β-unsaturated/α-hetero) is 1. The summed E-state index contributed by atoms with van der Waals surface area (Å²) in [5.74, 6) is 0.564. The molecule has 1 unspecified atom stereocenters. The van der Waals surface area contributed by atoms with Gasteiger partial charge in [-0.15, -0.1) is 11.3 Å². The second-order valence-electron chi connectivity index (χ2n) is 6.33. The zero-order valence-corrected chi connectivity index (χ0v) is 17.3. The summed E-state index contributed by atoms with van der Waals surface area (Å²) in [5.41, 5.74) is 1.89. The Balaban J connectivity index is 1.53. The van der Waals surface area contributed by atoms with Crippen molar-refractivity contribution in [3.05, 3.63) is 81.1 Å². The van der Waals surface area contributed by atoms with E-state index in [1.807, 2.05) is 53.9 Å².